The Balaban J connectivity index is 1.72. The third-order valence-electron chi connectivity index (χ3n) is 3.52. The number of carbonyl (C=O) groups excluding carboxylic acids is 1. The van der Waals surface area contributed by atoms with Crippen molar-refractivity contribution < 1.29 is 9.18 Å². The van der Waals surface area contributed by atoms with Gasteiger partial charge in [0, 0.05) is 12.2 Å². The Kier molecular flexibility index (Phi) is 5.50. The fraction of sp³-hybridized carbons (Fsp3) is 0.235. The highest BCUT2D eigenvalue weighted by molar-refractivity contribution is 8.00. The third-order valence-corrected chi connectivity index (χ3v) is 5.46. The Hall–Kier alpha value is -2.19. The Labute approximate surface area is 153 Å². The molecule has 0 aliphatic rings. The molecular formula is C17H17FN4OS2. The molecular weight excluding hydrogens is 359 g/mol. The summed E-state index contributed by atoms with van der Waals surface area (Å²) in [7, 11) is 0. The van der Waals surface area contributed by atoms with Crippen LogP contribution in [0.25, 0.3) is 10.7 Å². The number of rotatable bonds is 6. The second-order valence-electron chi connectivity index (χ2n) is 5.29. The summed E-state index contributed by atoms with van der Waals surface area (Å²) in [4.78, 5) is 13.4. The molecule has 2 aromatic heterocycles. The predicted molar refractivity (Wildman–Crippen MR) is 99.4 cm³/mol. The van der Waals surface area contributed by atoms with Crippen LogP contribution in [0.2, 0.25) is 0 Å². The van der Waals surface area contributed by atoms with E-state index in [1.165, 1.54) is 23.9 Å². The first-order valence-electron chi connectivity index (χ1n) is 7.78. The number of amides is 1. The number of thiophene rings is 1. The summed E-state index contributed by atoms with van der Waals surface area (Å²) < 4.78 is 15.2. The zero-order valence-electron chi connectivity index (χ0n) is 13.8. The molecule has 2 heterocycles. The van der Waals surface area contributed by atoms with E-state index in [1.807, 2.05) is 29.0 Å². The molecule has 5 nitrogen and oxygen atoms in total. The molecule has 0 radical (unpaired) electrons. The molecule has 0 fully saturated rings. The van der Waals surface area contributed by atoms with Crippen LogP contribution in [0.1, 0.15) is 13.8 Å². The number of halogens is 1. The molecule has 0 saturated heterocycles. The zero-order chi connectivity index (χ0) is 17.8. The highest BCUT2D eigenvalue weighted by atomic mass is 32.2. The molecule has 3 aromatic rings. The summed E-state index contributed by atoms with van der Waals surface area (Å²) in [6.07, 6.45) is 0. The third kappa shape index (κ3) is 4.08. The topological polar surface area (TPSA) is 59.8 Å². The molecule has 1 amide bonds. The largest absolute Gasteiger partial charge is 0.325 e. The highest BCUT2D eigenvalue weighted by Crippen LogP contribution is 2.29. The van der Waals surface area contributed by atoms with Gasteiger partial charge in [-0.15, -0.1) is 21.5 Å². The maximum atomic E-state index is 13.2. The van der Waals surface area contributed by atoms with Gasteiger partial charge in [-0.1, -0.05) is 23.9 Å². The molecule has 0 aliphatic heterocycles. The maximum absolute atomic E-state index is 13.2. The van der Waals surface area contributed by atoms with Crippen molar-refractivity contribution in [2.24, 2.45) is 0 Å². The minimum absolute atomic E-state index is 0.209. The van der Waals surface area contributed by atoms with Gasteiger partial charge in [0.05, 0.1) is 10.1 Å². The van der Waals surface area contributed by atoms with Gasteiger partial charge >= 0.3 is 0 Å². The van der Waals surface area contributed by atoms with Gasteiger partial charge in [-0.3, -0.25) is 4.79 Å². The minimum Gasteiger partial charge on any atom is -0.325 e. The summed E-state index contributed by atoms with van der Waals surface area (Å²) in [6.45, 7) is 4.52. The zero-order valence-corrected chi connectivity index (χ0v) is 15.4. The number of carbonyl (C=O) groups is 1. The van der Waals surface area contributed by atoms with E-state index >= 15 is 0 Å². The van der Waals surface area contributed by atoms with Crippen molar-refractivity contribution >= 4 is 34.7 Å². The summed E-state index contributed by atoms with van der Waals surface area (Å²) >= 11 is 2.93. The second-order valence-corrected chi connectivity index (χ2v) is 7.54. The first-order chi connectivity index (χ1) is 12.1. The summed E-state index contributed by atoms with van der Waals surface area (Å²) in [5.74, 6) is 0.209. The van der Waals surface area contributed by atoms with E-state index in [0.29, 0.717) is 17.4 Å². The Bertz CT molecular complexity index is 863. The van der Waals surface area contributed by atoms with E-state index < -0.39 is 5.25 Å². The van der Waals surface area contributed by atoms with Crippen molar-refractivity contribution in [3.8, 4) is 10.7 Å². The van der Waals surface area contributed by atoms with Crippen LogP contribution in [0.5, 0.6) is 0 Å². The smallest absolute Gasteiger partial charge is 0.237 e. The number of anilines is 1. The fourth-order valence-corrected chi connectivity index (χ4v) is 3.90. The van der Waals surface area contributed by atoms with E-state index in [4.69, 9.17) is 0 Å². The lowest BCUT2D eigenvalue weighted by Crippen LogP contribution is -2.23. The number of thioether (sulfide) groups is 1. The summed E-state index contributed by atoms with van der Waals surface area (Å²) in [5.41, 5.74) is 0.439. The number of hydrogen-bond donors (Lipinski definition) is 1. The van der Waals surface area contributed by atoms with Gasteiger partial charge < -0.3 is 9.88 Å². The molecule has 1 N–H and O–H groups in total. The standard InChI is InChI=1S/C17H17FN4OS2/c1-3-22-15(14-8-5-9-24-14)20-21-17(22)25-11(2)16(23)19-13-7-4-6-12(18)10-13/h4-11H,3H2,1-2H3,(H,19,23)/t11-/m0/s1. The van der Waals surface area contributed by atoms with Crippen LogP contribution in [-0.2, 0) is 11.3 Å². The van der Waals surface area contributed by atoms with E-state index in [-0.39, 0.29) is 11.7 Å². The monoisotopic (exact) mass is 376 g/mol. The molecule has 130 valence electrons. The van der Waals surface area contributed by atoms with E-state index in [1.54, 1.807) is 30.4 Å². The average molecular weight is 376 g/mol. The lowest BCUT2D eigenvalue weighted by Gasteiger charge is -2.12. The van der Waals surface area contributed by atoms with Gasteiger partial charge in [0.25, 0.3) is 0 Å². The van der Waals surface area contributed by atoms with E-state index in [2.05, 4.69) is 15.5 Å². The van der Waals surface area contributed by atoms with E-state index in [0.717, 1.165) is 10.7 Å². The van der Waals surface area contributed by atoms with Crippen LogP contribution in [0.4, 0.5) is 10.1 Å². The first-order valence-corrected chi connectivity index (χ1v) is 9.54. The van der Waals surface area contributed by atoms with Crippen molar-refractivity contribution in [1.82, 2.24) is 14.8 Å². The Morgan fingerprint density at radius 2 is 2.20 bits per heavy atom. The van der Waals surface area contributed by atoms with Crippen LogP contribution in [0, 0.1) is 5.82 Å². The molecule has 0 spiro atoms. The van der Waals surface area contributed by atoms with Gasteiger partial charge in [0.1, 0.15) is 5.82 Å². The summed E-state index contributed by atoms with van der Waals surface area (Å²) in [6, 6.07) is 9.81. The quantitative estimate of drug-likeness (QED) is 0.652. The van der Waals surface area contributed by atoms with Gasteiger partial charge in [0.15, 0.2) is 11.0 Å². The maximum Gasteiger partial charge on any atom is 0.237 e. The molecule has 0 saturated carbocycles. The van der Waals surface area contributed by atoms with Crippen LogP contribution < -0.4 is 5.32 Å². The fourth-order valence-electron chi connectivity index (χ4n) is 2.27. The Morgan fingerprint density at radius 3 is 2.88 bits per heavy atom. The second kappa shape index (κ2) is 7.79. The van der Waals surface area contributed by atoms with Crippen molar-refractivity contribution in [3.63, 3.8) is 0 Å². The number of nitrogens with zero attached hydrogens (tertiary/aromatic N) is 3. The van der Waals surface area contributed by atoms with Gasteiger partial charge in [0.2, 0.25) is 5.91 Å². The van der Waals surface area contributed by atoms with Gasteiger partial charge in [-0.25, -0.2) is 4.39 Å². The summed E-state index contributed by atoms with van der Waals surface area (Å²) in [5, 5.41) is 13.5. The molecule has 8 heteroatoms. The SMILES string of the molecule is CCn1c(S[C@@H](C)C(=O)Nc2cccc(F)c2)nnc1-c1cccs1. The van der Waals surface area contributed by atoms with Crippen LogP contribution in [-0.4, -0.2) is 25.9 Å². The molecule has 0 unspecified atom stereocenters. The minimum atomic E-state index is -0.394. The number of hydrogen-bond acceptors (Lipinski definition) is 5. The molecule has 1 aromatic carbocycles. The highest BCUT2D eigenvalue weighted by Gasteiger charge is 2.20. The average Bonchev–Trinajstić information content (AvgIpc) is 3.23. The van der Waals surface area contributed by atoms with Crippen molar-refractivity contribution in [2.75, 3.05) is 5.32 Å². The number of aromatic nitrogens is 3. The van der Waals surface area contributed by atoms with Crippen LogP contribution in [0.3, 0.4) is 0 Å². The molecule has 3 rings (SSSR count). The van der Waals surface area contributed by atoms with Gasteiger partial charge in [-0.05, 0) is 43.5 Å². The molecule has 1 atom stereocenters. The molecule has 0 aliphatic carbocycles. The van der Waals surface area contributed by atoms with Crippen molar-refractivity contribution in [2.45, 2.75) is 30.8 Å². The molecule has 0 bridgehead atoms. The lowest BCUT2D eigenvalue weighted by molar-refractivity contribution is -0.115. The predicted octanol–water partition coefficient (Wildman–Crippen LogP) is 4.28. The number of benzene rings is 1. The van der Waals surface area contributed by atoms with E-state index in [9.17, 15) is 9.18 Å². The lowest BCUT2D eigenvalue weighted by atomic mass is 10.3. The van der Waals surface area contributed by atoms with Crippen molar-refractivity contribution in [3.05, 3.63) is 47.6 Å². The van der Waals surface area contributed by atoms with Crippen LogP contribution >= 0.6 is 23.1 Å². The Morgan fingerprint density at radius 1 is 1.36 bits per heavy atom. The normalized spacial score (nSPS) is 12.1. The molecule has 25 heavy (non-hydrogen) atoms. The van der Waals surface area contributed by atoms with Crippen LogP contribution in [0.15, 0.2) is 46.9 Å². The number of nitrogens with one attached hydrogen (secondary N) is 1. The first kappa shape index (κ1) is 17.6. The van der Waals surface area contributed by atoms with Gasteiger partial charge in [-0.2, -0.15) is 0 Å². The van der Waals surface area contributed by atoms with Crippen molar-refractivity contribution in [1.29, 1.82) is 0 Å².